The van der Waals surface area contributed by atoms with E-state index in [9.17, 15) is 36.3 Å². The zero-order valence-electron chi connectivity index (χ0n) is 20.6. The van der Waals surface area contributed by atoms with E-state index in [1.165, 1.54) is 12.1 Å². The van der Waals surface area contributed by atoms with E-state index in [4.69, 9.17) is 16.3 Å². The van der Waals surface area contributed by atoms with Crippen LogP contribution in [0.5, 0.6) is 0 Å². The standard InChI is InChI=1S/C26H26ClF3N2O6S/c27-19-2-1-13(25(34)32-17-9-20(28)23(30)21(29)10-17)5-22(19)39(36,37)18-7-15-6-16(8-18)26(15,35)12-31-24(33)14-3-4-38-11-14/h1-2,5,9-10,14-16,18,35H,3-4,6-8,11-12H2,(H,31,33)(H,32,34). The second-order valence-corrected chi connectivity index (χ2v) is 13.0. The molecule has 0 aromatic heterocycles. The molecule has 0 radical (unpaired) electrons. The van der Waals surface area contributed by atoms with E-state index in [0.717, 1.165) is 6.07 Å². The van der Waals surface area contributed by atoms with E-state index < -0.39 is 44.0 Å². The molecule has 3 atom stereocenters. The molecule has 4 aliphatic rings. The number of sulfone groups is 1. The number of nitrogens with one attached hydrogen (secondary N) is 2. The fraction of sp³-hybridized carbons (Fsp3) is 0.462. The summed E-state index contributed by atoms with van der Waals surface area (Å²) < 4.78 is 72.6. The van der Waals surface area contributed by atoms with Crippen molar-refractivity contribution in [2.24, 2.45) is 17.8 Å². The van der Waals surface area contributed by atoms with E-state index in [1.54, 1.807) is 0 Å². The minimum absolute atomic E-state index is 0.0332. The lowest BCUT2D eigenvalue weighted by Crippen LogP contribution is -2.66. The van der Waals surface area contributed by atoms with Gasteiger partial charge in [0.25, 0.3) is 5.91 Å². The van der Waals surface area contributed by atoms with Crippen molar-refractivity contribution >= 4 is 38.9 Å². The maximum absolute atomic E-state index is 13.6. The highest BCUT2D eigenvalue weighted by Crippen LogP contribution is 2.55. The van der Waals surface area contributed by atoms with Gasteiger partial charge in [-0.1, -0.05) is 11.6 Å². The van der Waals surface area contributed by atoms with Gasteiger partial charge in [0.1, 0.15) is 0 Å². The number of aliphatic hydroxyl groups is 1. The molecule has 3 N–H and O–H groups in total. The molecule has 3 unspecified atom stereocenters. The van der Waals surface area contributed by atoms with Crippen molar-refractivity contribution in [2.45, 2.75) is 41.4 Å². The Morgan fingerprint density at radius 2 is 1.74 bits per heavy atom. The molecular formula is C26H26ClF3N2O6S. The van der Waals surface area contributed by atoms with Crippen molar-refractivity contribution in [3.05, 3.63) is 58.4 Å². The number of halogens is 4. The number of anilines is 1. The average molecular weight is 587 g/mol. The number of hydrogen-bond donors (Lipinski definition) is 3. The molecule has 4 fully saturated rings. The summed E-state index contributed by atoms with van der Waals surface area (Å²) in [5.74, 6) is -6.68. The molecule has 3 saturated carbocycles. The largest absolute Gasteiger partial charge is 0.387 e. The fourth-order valence-electron chi connectivity index (χ4n) is 5.79. The SMILES string of the molecule is O=C(Nc1cc(F)c(F)c(F)c1)c1ccc(Cl)c(S(=O)(=O)C2CC3CC(C2)C3(O)CNC(=O)C2CCOC2)c1. The quantitative estimate of drug-likeness (QED) is 0.427. The number of carbonyl (C=O) groups is 2. The predicted octanol–water partition coefficient (Wildman–Crippen LogP) is 3.47. The molecule has 1 saturated heterocycles. The number of ether oxygens (including phenoxy) is 1. The molecule has 6 rings (SSSR count). The van der Waals surface area contributed by atoms with Crippen LogP contribution in [0.15, 0.2) is 35.2 Å². The Bertz CT molecular complexity index is 1400. The van der Waals surface area contributed by atoms with Gasteiger partial charge in [-0.05, 0) is 55.7 Å². The van der Waals surface area contributed by atoms with Gasteiger partial charge >= 0.3 is 0 Å². The Labute approximate surface area is 227 Å². The van der Waals surface area contributed by atoms with Crippen molar-refractivity contribution in [1.82, 2.24) is 5.32 Å². The molecule has 0 spiro atoms. The minimum atomic E-state index is -4.03. The highest BCUT2D eigenvalue weighted by molar-refractivity contribution is 7.92. The van der Waals surface area contributed by atoms with E-state index >= 15 is 0 Å². The van der Waals surface area contributed by atoms with Gasteiger partial charge in [-0.2, -0.15) is 0 Å². The van der Waals surface area contributed by atoms with Crippen LogP contribution in [0.1, 0.15) is 36.0 Å². The summed E-state index contributed by atoms with van der Waals surface area (Å²) in [4.78, 5) is 24.8. The number of carbonyl (C=O) groups excluding carboxylic acids is 2. The van der Waals surface area contributed by atoms with Crippen molar-refractivity contribution < 1.29 is 41.0 Å². The maximum Gasteiger partial charge on any atom is 0.255 e. The van der Waals surface area contributed by atoms with E-state index in [1.807, 2.05) is 0 Å². The van der Waals surface area contributed by atoms with Gasteiger partial charge < -0.3 is 20.5 Å². The lowest BCUT2D eigenvalue weighted by molar-refractivity contribution is -0.174. The summed E-state index contributed by atoms with van der Waals surface area (Å²) >= 11 is 6.22. The molecule has 2 aromatic carbocycles. The lowest BCUT2D eigenvalue weighted by atomic mass is 9.53. The first kappa shape index (κ1) is 27.9. The number of benzene rings is 2. The van der Waals surface area contributed by atoms with Crippen LogP contribution in [-0.2, 0) is 19.4 Å². The van der Waals surface area contributed by atoms with Gasteiger partial charge in [-0.15, -0.1) is 0 Å². The van der Waals surface area contributed by atoms with E-state index in [2.05, 4.69) is 10.6 Å². The Hall–Kier alpha value is -2.67. The minimum Gasteiger partial charge on any atom is -0.387 e. The summed E-state index contributed by atoms with van der Waals surface area (Å²) in [7, 11) is -4.03. The van der Waals surface area contributed by atoms with Gasteiger partial charge in [0.05, 0.1) is 33.3 Å². The molecule has 210 valence electrons. The van der Waals surface area contributed by atoms with Gasteiger partial charge in [0.15, 0.2) is 27.3 Å². The summed E-state index contributed by atoms with van der Waals surface area (Å²) in [5.41, 5.74) is -1.69. The second-order valence-electron chi connectivity index (χ2n) is 10.4. The molecule has 39 heavy (non-hydrogen) atoms. The lowest BCUT2D eigenvalue weighted by Gasteiger charge is -2.58. The van der Waals surface area contributed by atoms with Crippen LogP contribution < -0.4 is 10.6 Å². The van der Waals surface area contributed by atoms with Gasteiger partial charge in [0, 0.05) is 36.5 Å². The highest BCUT2D eigenvalue weighted by atomic mass is 35.5. The third kappa shape index (κ3) is 5.15. The summed E-state index contributed by atoms with van der Waals surface area (Å²) in [6.45, 7) is 0.889. The summed E-state index contributed by atoms with van der Waals surface area (Å²) in [6.07, 6.45) is 1.55. The molecule has 2 amide bonds. The number of amides is 2. The zero-order chi connectivity index (χ0) is 28.1. The van der Waals surface area contributed by atoms with Crippen molar-refractivity contribution in [1.29, 1.82) is 0 Å². The maximum atomic E-state index is 13.6. The molecule has 1 heterocycles. The van der Waals surface area contributed by atoms with E-state index in [0.29, 0.717) is 38.2 Å². The van der Waals surface area contributed by atoms with E-state index in [-0.39, 0.29) is 64.2 Å². The number of hydrogen-bond acceptors (Lipinski definition) is 6. The molecule has 8 nitrogen and oxygen atoms in total. The Balaban J connectivity index is 1.28. The topological polar surface area (TPSA) is 122 Å². The first-order chi connectivity index (χ1) is 18.4. The van der Waals surface area contributed by atoms with Crippen LogP contribution in [0, 0.1) is 35.2 Å². The van der Waals surface area contributed by atoms with Crippen LogP contribution in [0.2, 0.25) is 5.02 Å². The molecule has 1 aliphatic heterocycles. The summed E-state index contributed by atoms with van der Waals surface area (Å²) in [5, 5.41) is 15.2. The first-order valence-corrected chi connectivity index (χ1v) is 14.4. The van der Waals surface area contributed by atoms with Gasteiger partial charge in [-0.3, -0.25) is 9.59 Å². The van der Waals surface area contributed by atoms with Crippen LogP contribution in [0.25, 0.3) is 0 Å². The third-order valence-corrected chi connectivity index (χ3v) is 10.8. The third-order valence-electron chi connectivity index (χ3n) is 8.10. The monoisotopic (exact) mass is 586 g/mol. The molecular weight excluding hydrogens is 561 g/mol. The number of rotatable bonds is 7. The predicted molar refractivity (Wildman–Crippen MR) is 134 cm³/mol. The van der Waals surface area contributed by atoms with Crippen LogP contribution in [0.4, 0.5) is 18.9 Å². The van der Waals surface area contributed by atoms with Gasteiger partial charge in [-0.25, -0.2) is 21.6 Å². The molecule has 2 bridgehead atoms. The van der Waals surface area contributed by atoms with Crippen molar-refractivity contribution in [2.75, 3.05) is 25.1 Å². The average Bonchev–Trinajstić information content (AvgIpc) is 3.45. The highest BCUT2D eigenvalue weighted by Gasteiger charge is 2.60. The fourth-order valence-corrected chi connectivity index (χ4v) is 8.19. The zero-order valence-corrected chi connectivity index (χ0v) is 22.1. The second kappa shape index (κ2) is 10.4. The molecule has 3 aliphatic carbocycles. The van der Waals surface area contributed by atoms with Crippen LogP contribution in [-0.4, -0.2) is 55.9 Å². The Kier molecular flexibility index (Phi) is 7.42. The molecule has 2 aromatic rings. The van der Waals surface area contributed by atoms with Crippen LogP contribution >= 0.6 is 11.6 Å². The smallest absolute Gasteiger partial charge is 0.255 e. The normalized spacial score (nSPS) is 28.0. The van der Waals surface area contributed by atoms with Crippen LogP contribution in [0.3, 0.4) is 0 Å². The molecule has 13 heteroatoms. The first-order valence-electron chi connectivity index (χ1n) is 12.5. The van der Waals surface area contributed by atoms with Crippen molar-refractivity contribution in [3.63, 3.8) is 0 Å². The Morgan fingerprint density at radius 1 is 1.08 bits per heavy atom. The Morgan fingerprint density at radius 3 is 2.36 bits per heavy atom. The van der Waals surface area contributed by atoms with Gasteiger partial charge in [0.2, 0.25) is 5.91 Å². The number of fused-ring (bicyclic) bond motifs is 2. The summed E-state index contributed by atoms with van der Waals surface area (Å²) in [6, 6.07) is 4.77. The van der Waals surface area contributed by atoms with Crippen molar-refractivity contribution in [3.8, 4) is 0 Å².